The van der Waals surface area contributed by atoms with Crippen molar-refractivity contribution in [3.63, 3.8) is 0 Å². The van der Waals surface area contributed by atoms with E-state index < -0.39 is 5.91 Å². The highest BCUT2D eigenvalue weighted by molar-refractivity contribution is 9.10. The van der Waals surface area contributed by atoms with Gasteiger partial charge in [0.05, 0.1) is 12.7 Å². The lowest BCUT2D eigenvalue weighted by atomic mass is 10.1. The number of hydrogen-bond donors (Lipinski definition) is 2. The number of aryl methyl sites for hydroxylation is 1. The third-order valence-electron chi connectivity index (χ3n) is 4.59. The number of carbonyl (C=O) groups excluding carboxylic acids is 2. The quantitative estimate of drug-likeness (QED) is 0.403. The van der Waals surface area contributed by atoms with E-state index in [9.17, 15) is 9.59 Å². The standard InChI is InChI=1S/C23H19BrN4O3/c1-15-5-7-16(8-6-15)14-28-21(11-12-25-28)27-22(29)17-3-2-4-18(13-17)26-23(30)19-9-10-20(24)31-19/h2-13H,14H2,1H3,(H,26,30)(H,27,29). The summed E-state index contributed by atoms with van der Waals surface area (Å²) in [5.41, 5.74) is 3.16. The van der Waals surface area contributed by atoms with Gasteiger partial charge in [0.25, 0.3) is 11.8 Å². The van der Waals surface area contributed by atoms with E-state index in [0.29, 0.717) is 28.3 Å². The molecule has 8 heteroatoms. The van der Waals surface area contributed by atoms with Crippen molar-refractivity contribution < 1.29 is 14.0 Å². The van der Waals surface area contributed by atoms with Crippen LogP contribution < -0.4 is 10.6 Å². The molecule has 0 aliphatic heterocycles. The average Bonchev–Trinajstić information content (AvgIpc) is 3.39. The number of amides is 2. The first kappa shape index (κ1) is 20.6. The molecule has 0 saturated carbocycles. The lowest BCUT2D eigenvalue weighted by Gasteiger charge is -2.10. The predicted octanol–water partition coefficient (Wildman–Crippen LogP) is 5.10. The van der Waals surface area contributed by atoms with Crippen molar-refractivity contribution in [3.05, 3.63) is 100 Å². The number of nitrogens with zero attached hydrogens (tertiary/aromatic N) is 2. The highest BCUT2D eigenvalue weighted by Gasteiger charge is 2.14. The van der Waals surface area contributed by atoms with E-state index in [2.05, 4.69) is 31.7 Å². The molecule has 4 aromatic rings. The summed E-state index contributed by atoms with van der Waals surface area (Å²) in [4.78, 5) is 25.0. The summed E-state index contributed by atoms with van der Waals surface area (Å²) in [7, 11) is 0. The van der Waals surface area contributed by atoms with Gasteiger partial charge in [-0.25, -0.2) is 4.68 Å². The third kappa shape index (κ3) is 5.10. The Hall–Kier alpha value is -3.65. The van der Waals surface area contributed by atoms with E-state index in [1.165, 1.54) is 5.56 Å². The van der Waals surface area contributed by atoms with Gasteiger partial charge >= 0.3 is 0 Å². The summed E-state index contributed by atoms with van der Waals surface area (Å²) >= 11 is 3.17. The number of anilines is 2. The molecule has 0 aliphatic rings. The number of carbonyl (C=O) groups is 2. The molecule has 2 aromatic heterocycles. The molecule has 0 aliphatic carbocycles. The molecule has 0 bridgehead atoms. The Bertz CT molecular complexity index is 1230. The highest BCUT2D eigenvalue weighted by atomic mass is 79.9. The van der Waals surface area contributed by atoms with E-state index in [1.807, 2.05) is 31.2 Å². The molecule has 7 nitrogen and oxygen atoms in total. The predicted molar refractivity (Wildman–Crippen MR) is 121 cm³/mol. The van der Waals surface area contributed by atoms with Crippen LogP contribution in [0.25, 0.3) is 0 Å². The van der Waals surface area contributed by atoms with Crippen molar-refractivity contribution in [2.24, 2.45) is 0 Å². The molecule has 4 rings (SSSR count). The van der Waals surface area contributed by atoms with Gasteiger partial charge in [0.15, 0.2) is 10.4 Å². The summed E-state index contributed by atoms with van der Waals surface area (Å²) in [5.74, 6) is 0.0455. The minimum atomic E-state index is -0.403. The lowest BCUT2D eigenvalue weighted by molar-refractivity contribution is 0.0992. The fourth-order valence-corrected chi connectivity index (χ4v) is 3.29. The van der Waals surface area contributed by atoms with Crippen molar-refractivity contribution in [1.29, 1.82) is 0 Å². The van der Waals surface area contributed by atoms with E-state index in [4.69, 9.17) is 4.42 Å². The average molecular weight is 479 g/mol. The molecule has 2 heterocycles. The van der Waals surface area contributed by atoms with E-state index in [-0.39, 0.29) is 11.7 Å². The number of hydrogen-bond acceptors (Lipinski definition) is 4. The molecule has 0 atom stereocenters. The molecule has 2 N–H and O–H groups in total. The molecule has 0 saturated heterocycles. The van der Waals surface area contributed by atoms with E-state index >= 15 is 0 Å². The zero-order valence-electron chi connectivity index (χ0n) is 16.6. The van der Waals surface area contributed by atoms with Gasteiger partial charge in [0.2, 0.25) is 0 Å². The third-order valence-corrected chi connectivity index (χ3v) is 5.02. The first-order valence-corrected chi connectivity index (χ1v) is 10.3. The van der Waals surface area contributed by atoms with Crippen molar-refractivity contribution in [3.8, 4) is 0 Å². The Kier molecular flexibility index (Phi) is 5.99. The summed E-state index contributed by atoms with van der Waals surface area (Å²) in [6.45, 7) is 2.57. The minimum Gasteiger partial charge on any atom is -0.444 e. The van der Waals surface area contributed by atoms with Crippen LogP contribution >= 0.6 is 15.9 Å². The molecular formula is C23H19BrN4O3. The Morgan fingerprint density at radius 1 is 1.00 bits per heavy atom. The Labute approximate surface area is 187 Å². The van der Waals surface area contributed by atoms with Crippen molar-refractivity contribution in [1.82, 2.24) is 9.78 Å². The van der Waals surface area contributed by atoms with Gasteiger partial charge in [0.1, 0.15) is 5.82 Å². The Morgan fingerprint density at radius 3 is 2.55 bits per heavy atom. The van der Waals surface area contributed by atoms with Gasteiger partial charge in [0, 0.05) is 17.3 Å². The number of nitrogens with one attached hydrogen (secondary N) is 2. The number of halogens is 1. The van der Waals surface area contributed by atoms with Gasteiger partial charge in [-0.1, -0.05) is 35.9 Å². The maximum Gasteiger partial charge on any atom is 0.291 e. The molecular weight excluding hydrogens is 460 g/mol. The van der Waals surface area contributed by atoms with Crippen LogP contribution in [0.3, 0.4) is 0 Å². The zero-order chi connectivity index (χ0) is 21.8. The van der Waals surface area contributed by atoms with Crippen LogP contribution in [-0.4, -0.2) is 21.6 Å². The molecule has 0 radical (unpaired) electrons. The lowest BCUT2D eigenvalue weighted by Crippen LogP contribution is -2.17. The first-order valence-electron chi connectivity index (χ1n) is 9.53. The van der Waals surface area contributed by atoms with Crippen molar-refractivity contribution in [2.75, 3.05) is 10.6 Å². The van der Waals surface area contributed by atoms with Gasteiger partial charge in [-0.15, -0.1) is 0 Å². The van der Waals surface area contributed by atoms with Crippen LogP contribution in [-0.2, 0) is 6.54 Å². The largest absolute Gasteiger partial charge is 0.444 e. The van der Waals surface area contributed by atoms with Gasteiger partial charge < -0.3 is 15.1 Å². The van der Waals surface area contributed by atoms with Crippen LogP contribution in [0.1, 0.15) is 32.0 Å². The second-order valence-electron chi connectivity index (χ2n) is 6.95. The first-order chi connectivity index (χ1) is 15.0. The molecule has 0 fully saturated rings. The monoisotopic (exact) mass is 478 g/mol. The van der Waals surface area contributed by atoms with Crippen LogP contribution in [0.15, 0.2) is 82.0 Å². The van der Waals surface area contributed by atoms with Crippen molar-refractivity contribution >= 4 is 39.2 Å². The van der Waals surface area contributed by atoms with Crippen LogP contribution in [0.2, 0.25) is 0 Å². The fourth-order valence-electron chi connectivity index (χ4n) is 2.99. The number of benzene rings is 2. The minimum absolute atomic E-state index is 0.168. The van der Waals surface area contributed by atoms with E-state index in [1.54, 1.807) is 53.3 Å². The summed E-state index contributed by atoms with van der Waals surface area (Å²) in [5, 5.41) is 9.91. The Morgan fingerprint density at radius 2 is 1.81 bits per heavy atom. The van der Waals surface area contributed by atoms with Gasteiger partial charge in [-0.2, -0.15) is 5.10 Å². The normalized spacial score (nSPS) is 10.6. The maximum atomic E-state index is 12.8. The van der Waals surface area contributed by atoms with Crippen LogP contribution in [0, 0.1) is 6.92 Å². The zero-order valence-corrected chi connectivity index (χ0v) is 18.2. The topological polar surface area (TPSA) is 89.2 Å². The molecule has 0 spiro atoms. The SMILES string of the molecule is Cc1ccc(Cn2nccc2NC(=O)c2cccc(NC(=O)c3ccc(Br)o3)c2)cc1. The van der Waals surface area contributed by atoms with Crippen molar-refractivity contribution in [2.45, 2.75) is 13.5 Å². The summed E-state index contributed by atoms with van der Waals surface area (Å²) in [6.07, 6.45) is 1.64. The summed E-state index contributed by atoms with van der Waals surface area (Å²) in [6, 6.07) is 19.8. The Balaban J connectivity index is 1.45. The summed E-state index contributed by atoms with van der Waals surface area (Å²) < 4.78 is 7.44. The van der Waals surface area contributed by atoms with Crippen LogP contribution in [0.5, 0.6) is 0 Å². The molecule has 0 unspecified atom stereocenters. The fraction of sp³-hybridized carbons (Fsp3) is 0.0870. The van der Waals surface area contributed by atoms with Gasteiger partial charge in [-0.3, -0.25) is 9.59 Å². The number of furan rings is 1. The smallest absolute Gasteiger partial charge is 0.291 e. The highest BCUT2D eigenvalue weighted by Crippen LogP contribution is 2.18. The van der Waals surface area contributed by atoms with Crippen LogP contribution in [0.4, 0.5) is 11.5 Å². The molecule has 31 heavy (non-hydrogen) atoms. The molecule has 2 aromatic carbocycles. The second-order valence-corrected chi connectivity index (χ2v) is 7.73. The molecule has 2 amide bonds. The maximum absolute atomic E-state index is 12.8. The van der Waals surface area contributed by atoms with E-state index in [0.717, 1.165) is 5.56 Å². The van der Waals surface area contributed by atoms with Gasteiger partial charge in [-0.05, 0) is 58.7 Å². The number of rotatable bonds is 6. The molecule has 156 valence electrons. The second kappa shape index (κ2) is 9.01. The number of aromatic nitrogens is 2.